The molecule has 0 aromatic heterocycles. The van der Waals surface area contributed by atoms with Gasteiger partial charge in [0.1, 0.15) is 0 Å². The molecule has 0 amide bonds. The number of rotatable bonds is 3. The van der Waals surface area contributed by atoms with Crippen molar-refractivity contribution < 1.29 is 0 Å². The van der Waals surface area contributed by atoms with Crippen LogP contribution in [0.2, 0.25) is 0 Å². The summed E-state index contributed by atoms with van der Waals surface area (Å²) in [5.41, 5.74) is 7.48. The number of nitrogens with two attached hydrogens (primary N) is 1. The number of allylic oxidation sites excluding steroid dienone is 4. The number of piperidine rings is 1. The van der Waals surface area contributed by atoms with Crippen molar-refractivity contribution in [1.29, 1.82) is 0 Å². The average Bonchev–Trinajstić information content (AvgIpc) is 2.19. The average molecular weight is 192 g/mol. The van der Waals surface area contributed by atoms with Crippen molar-refractivity contribution in [2.45, 2.75) is 25.3 Å². The summed E-state index contributed by atoms with van der Waals surface area (Å²) in [5, 5.41) is 3.32. The molecule has 0 atom stereocenters. The fourth-order valence-corrected chi connectivity index (χ4v) is 1.71. The lowest BCUT2D eigenvalue weighted by Crippen LogP contribution is -2.49. The second-order valence-electron chi connectivity index (χ2n) is 3.88. The van der Waals surface area contributed by atoms with Gasteiger partial charge in [0.2, 0.25) is 0 Å². The Morgan fingerprint density at radius 2 is 2.00 bits per heavy atom. The van der Waals surface area contributed by atoms with Crippen LogP contribution in [0.5, 0.6) is 0 Å². The highest BCUT2D eigenvalue weighted by Crippen LogP contribution is 2.23. The molecular weight excluding hydrogens is 172 g/mol. The van der Waals surface area contributed by atoms with Gasteiger partial charge in [-0.1, -0.05) is 36.5 Å². The topological polar surface area (TPSA) is 38.0 Å². The van der Waals surface area contributed by atoms with Crippen LogP contribution in [0.15, 0.2) is 36.5 Å². The smallest absolute Gasteiger partial charge is 0.0393 e. The summed E-state index contributed by atoms with van der Waals surface area (Å²) in [6, 6.07) is 0. The van der Waals surface area contributed by atoms with Crippen LogP contribution in [0.1, 0.15) is 19.8 Å². The van der Waals surface area contributed by atoms with E-state index in [-0.39, 0.29) is 5.54 Å². The van der Waals surface area contributed by atoms with Crippen LogP contribution in [0.25, 0.3) is 0 Å². The van der Waals surface area contributed by atoms with E-state index in [1.54, 1.807) is 6.08 Å². The summed E-state index contributed by atoms with van der Waals surface area (Å²) < 4.78 is 0. The van der Waals surface area contributed by atoms with E-state index in [4.69, 9.17) is 5.73 Å². The number of hydrogen-bond acceptors (Lipinski definition) is 2. The highest BCUT2D eigenvalue weighted by Gasteiger charge is 2.28. The normalized spacial score (nSPS) is 22.6. The predicted octanol–water partition coefficient (Wildman–Crippen LogP) is 1.76. The molecule has 0 unspecified atom stereocenters. The first-order valence-corrected chi connectivity index (χ1v) is 5.15. The standard InChI is InChI=1S/C12H20N2/c1-3-4-5-6-11(2)12(13)7-9-14-10-8-12/h3-6,14H,1,7-10,13H2,2H3/b5-4-,11-6+. The molecule has 1 rings (SSSR count). The molecule has 1 aliphatic heterocycles. The fraction of sp³-hybridized carbons (Fsp3) is 0.500. The Hall–Kier alpha value is -0.860. The molecule has 14 heavy (non-hydrogen) atoms. The molecule has 0 aliphatic carbocycles. The van der Waals surface area contributed by atoms with Crippen molar-refractivity contribution in [3.8, 4) is 0 Å². The van der Waals surface area contributed by atoms with Gasteiger partial charge in [0.05, 0.1) is 0 Å². The van der Waals surface area contributed by atoms with Crippen molar-refractivity contribution >= 4 is 0 Å². The molecule has 0 aromatic carbocycles. The molecule has 0 bridgehead atoms. The van der Waals surface area contributed by atoms with Crippen molar-refractivity contribution in [2.75, 3.05) is 13.1 Å². The Morgan fingerprint density at radius 1 is 1.36 bits per heavy atom. The molecule has 1 aliphatic rings. The molecule has 0 spiro atoms. The van der Waals surface area contributed by atoms with E-state index >= 15 is 0 Å². The van der Waals surface area contributed by atoms with Crippen molar-refractivity contribution in [3.05, 3.63) is 36.5 Å². The Balaban J connectivity index is 2.64. The van der Waals surface area contributed by atoms with Gasteiger partial charge >= 0.3 is 0 Å². The first-order valence-electron chi connectivity index (χ1n) is 5.15. The van der Waals surface area contributed by atoms with Crippen LogP contribution in [-0.4, -0.2) is 18.6 Å². The molecule has 3 N–H and O–H groups in total. The Labute approximate surface area is 86.6 Å². The largest absolute Gasteiger partial charge is 0.322 e. The predicted molar refractivity (Wildman–Crippen MR) is 62.1 cm³/mol. The van der Waals surface area contributed by atoms with E-state index < -0.39 is 0 Å². The summed E-state index contributed by atoms with van der Waals surface area (Å²) in [6.07, 6.45) is 9.84. The Kier molecular flexibility index (Phi) is 4.11. The Bertz CT molecular complexity index is 245. The third kappa shape index (κ3) is 2.82. The summed E-state index contributed by atoms with van der Waals surface area (Å²) in [5.74, 6) is 0. The van der Waals surface area contributed by atoms with Crippen LogP contribution < -0.4 is 11.1 Å². The maximum Gasteiger partial charge on any atom is 0.0393 e. The van der Waals surface area contributed by atoms with Crippen LogP contribution >= 0.6 is 0 Å². The highest BCUT2D eigenvalue weighted by atomic mass is 14.9. The van der Waals surface area contributed by atoms with Crippen LogP contribution in [0.4, 0.5) is 0 Å². The molecule has 2 nitrogen and oxygen atoms in total. The summed E-state index contributed by atoms with van der Waals surface area (Å²) in [7, 11) is 0. The second-order valence-corrected chi connectivity index (χ2v) is 3.88. The molecule has 2 heteroatoms. The maximum atomic E-state index is 6.32. The van der Waals surface area contributed by atoms with Gasteiger partial charge in [0.25, 0.3) is 0 Å². The number of hydrogen-bond donors (Lipinski definition) is 2. The summed E-state index contributed by atoms with van der Waals surface area (Å²) >= 11 is 0. The van der Waals surface area contributed by atoms with Crippen molar-refractivity contribution in [1.82, 2.24) is 5.32 Å². The third-order valence-corrected chi connectivity index (χ3v) is 2.87. The van der Waals surface area contributed by atoms with Crippen molar-refractivity contribution in [3.63, 3.8) is 0 Å². The van der Waals surface area contributed by atoms with E-state index in [2.05, 4.69) is 24.9 Å². The number of nitrogens with one attached hydrogen (secondary N) is 1. The van der Waals surface area contributed by atoms with E-state index in [0.29, 0.717) is 0 Å². The van der Waals surface area contributed by atoms with Gasteiger partial charge < -0.3 is 11.1 Å². The minimum atomic E-state index is -0.100. The minimum absolute atomic E-state index is 0.100. The van der Waals surface area contributed by atoms with E-state index in [1.165, 1.54) is 5.57 Å². The van der Waals surface area contributed by atoms with Crippen LogP contribution in [0.3, 0.4) is 0 Å². The fourth-order valence-electron chi connectivity index (χ4n) is 1.71. The maximum absolute atomic E-state index is 6.32. The summed E-state index contributed by atoms with van der Waals surface area (Å²) in [4.78, 5) is 0. The molecule has 0 saturated carbocycles. The quantitative estimate of drug-likeness (QED) is 0.669. The summed E-state index contributed by atoms with van der Waals surface area (Å²) in [6.45, 7) is 7.78. The molecular formula is C12H20N2. The van der Waals surface area contributed by atoms with E-state index in [9.17, 15) is 0 Å². The SMILES string of the molecule is C=C/C=C\C=C(/C)C1(N)CCNCC1. The van der Waals surface area contributed by atoms with Crippen LogP contribution in [-0.2, 0) is 0 Å². The van der Waals surface area contributed by atoms with E-state index in [1.807, 2.05) is 12.2 Å². The lowest BCUT2D eigenvalue weighted by atomic mass is 9.82. The van der Waals surface area contributed by atoms with Gasteiger partial charge in [0.15, 0.2) is 0 Å². The van der Waals surface area contributed by atoms with Crippen LogP contribution in [0, 0.1) is 0 Å². The lowest BCUT2D eigenvalue weighted by Gasteiger charge is -2.34. The monoisotopic (exact) mass is 192 g/mol. The van der Waals surface area contributed by atoms with Crippen molar-refractivity contribution in [2.24, 2.45) is 5.73 Å². The van der Waals surface area contributed by atoms with Gasteiger partial charge in [-0.3, -0.25) is 0 Å². The Morgan fingerprint density at radius 3 is 2.57 bits per heavy atom. The highest BCUT2D eigenvalue weighted by molar-refractivity contribution is 5.24. The molecule has 1 saturated heterocycles. The lowest BCUT2D eigenvalue weighted by molar-refractivity contribution is 0.357. The molecule has 1 heterocycles. The molecule has 1 fully saturated rings. The zero-order valence-corrected chi connectivity index (χ0v) is 8.92. The van der Waals surface area contributed by atoms with Gasteiger partial charge in [-0.2, -0.15) is 0 Å². The first-order chi connectivity index (χ1) is 6.69. The molecule has 0 aromatic rings. The van der Waals surface area contributed by atoms with E-state index in [0.717, 1.165) is 25.9 Å². The van der Waals surface area contributed by atoms with Gasteiger partial charge in [0, 0.05) is 5.54 Å². The molecule has 0 radical (unpaired) electrons. The zero-order chi connectivity index (χ0) is 10.4. The molecule has 78 valence electrons. The third-order valence-electron chi connectivity index (χ3n) is 2.87. The second kappa shape index (κ2) is 5.13. The zero-order valence-electron chi connectivity index (χ0n) is 8.92. The van der Waals surface area contributed by atoms with Gasteiger partial charge in [-0.05, 0) is 32.9 Å². The first kappa shape index (κ1) is 11.2. The van der Waals surface area contributed by atoms with Gasteiger partial charge in [-0.15, -0.1) is 0 Å². The van der Waals surface area contributed by atoms with Gasteiger partial charge in [-0.25, -0.2) is 0 Å². The minimum Gasteiger partial charge on any atom is -0.322 e.